The normalized spacial score (nSPS) is 23.4. The number of nitrogens with zero attached hydrogens (tertiary/aromatic N) is 1. The molecule has 218 valence electrons. The summed E-state index contributed by atoms with van der Waals surface area (Å²) in [6, 6.07) is 0. The van der Waals surface area contributed by atoms with Crippen LogP contribution in [0.2, 0.25) is 0 Å². The number of likely N-dealkylation sites (tertiary alicyclic amines) is 1. The van der Waals surface area contributed by atoms with Crippen molar-refractivity contribution in [1.29, 1.82) is 0 Å². The van der Waals surface area contributed by atoms with Crippen molar-refractivity contribution >= 4 is 5.97 Å². The number of esters is 1. The van der Waals surface area contributed by atoms with Gasteiger partial charge in [-0.25, -0.2) is 4.90 Å². The number of hydrogen-bond acceptors (Lipinski definition) is 8. The van der Waals surface area contributed by atoms with Crippen LogP contribution in [-0.2, 0) is 9.53 Å². The van der Waals surface area contributed by atoms with E-state index in [0.717, 1.165) is 49.8 Å². The number of unbranched alkanes of at least 4 members (excludes halogenated alkanes) is 9. The second-order valence-corrected chi connectivity index (χ2v) is 11.9. The minimum atomic E-state index is -2.38. The fourth-order valence-electron chi connectivity index (χ4n) is 6.49. The Bertz CT molecular complexity index is 636. The highest BCUT2D eigenvalue weighted by molar-refractivity contribution is 5.72. The first-order valence-electron chi connectivity index (χ1n) is 15.1. The van der Waals surface area contributed by atoms with Crippen molar-refractivity contribution in [3.05, 3.63) is 0 Å². The smallest absolute Gasteiger partial charge is 0.309 e. The number of aliphatic hydroxyl groups is 5. The fourth-order valence-corrected chi connectivity index (χ4v) is 6.49. The average Bonchev–Trinajstić information content (AvgIpc) is 3.18. The van der Waals surface area contributed by atoms with Gasteiger partial charge in [0.25, 0.3) is 0 Å². The van der Waals surface area contributed by atoms with Gasteiger partial charge in [0.1, 0.15) is 6.10 Å². The maximum atomic E-state index is 13.2. The van der Waals surface area contributed by atoms with Crippen molar-refractivity contribution < 1.29 is 35.1 Å². The van der Waals surface area contributed by atoms with Crippen LogP contribution in [0.25, 0.3) is 0 Å². The SMILES string of the molecule is CCCCCCCCC(CCCCCC)C(=O)OC1CCC2(C1)CC(O)(O)N(CCCCO)C(O)(O)C2. The van der Waals surface area contributed by atoms with E-state index in [-0.39, 0.29) is 44.0 Å². The van der Waals surface area contributed by atoms with Crippen molar-refractivity contribution in [3.8, 4) is 0 Å². The summed E-state index contributed by atoms with van der Waals surface area (Å²) in [5.74, 6) is -5.00. The Labute approximate surface area is 224 Å². The molecule has 1 aliphatic heterocycles. The Balaban J connectivity index is 1.94. The van der Waals surface area contributed by atoms with Crippen LogP contribution in [0.5, 0.6) is 0 Å². The molecular formula is C29H55NO7. The monoisotopic (exact) mass is 529 g/mol. The maximum absolute atomic E-state index is 13.2. The van der Waals surface area contributed by atoms with E-state index in [4.69, 9.17) is 9.84 Å². The van der Waals surface area contributed by atoms with Gasteiger partial charge in [0.05, 0.1) is 5.92 Å². The Morgan fingerprint density at radius 3 is 1.95 bits per heavy atom. The first kappa shape index (κ1) is 32.4. The minimum absolute atomic E-state index is 0.0335. The van der Waals surface area contributed by atoms with Gasteiger partial charge < -0.3 is 30.3 Å². The van der Waals surface area contributed by atoms with Crippen LogP contribution < -0.4 is 0 Å². The largest absolute Gasteiger partial charge is 0.462 e. The van der Waals surface area contributed by atoms with Crippen LogP contribution >= 0.6 is 0 Å². The predicted molar refractivity (Wildman–Crippen MR) is 143 cm³/mol. The van der Waals surface area contributed by atoms with Gasteiger partial charge in [-0.05, 0) is 50.4 Å². The fraction of sp³-hybridized carbons (Fsp3) is 0.966. The third-order valence-corrected chi connectivity index (χ3v) is 8.46. The molecule has 2 aliphatic rings. The van der Waals surface area contributed by atoms with Crippen LogP contribution in [0.1, 0.15) is 136 Å². The van der Waals surface area contributed by atoms with Gasteiger partial charge in [-0.3, -0.25) is 4.79 Å². The number of ether oxygens (including phenoxy) is 1. The van der Waals surface area contributed by atoms with Crippen molar-refractivity contribution in [2.24, 2.45) is 11.3 Å². The topological polar surface area (TPSA) is 131 Å². The van der Waals surface area contributed by atoms with Crippen LogP contribution in [-0.4, -0.2) is 67.5 Å². The second kappa shape index (κ2) is 15.7. The zero-order valence-corrected chi connectivity index (χ0v) is 23.5. The lowest BCUT2D eigenvalue weighted by atomic mass is 9.73. The van der Waals surface area contributed by atoms with Gasteiger partial charge in [-0.15, -0.1) is 0 Å². The quantitative estimate of drug-likeness (QED) is 0.0993. The molecule has 2 rings (SSSR count). The first-order chi connectivity index (χ1) is 17.6. The third-order valence-electron chi connectivity index (χ3n) is 8.46. The average molecular weight is 530 g/mol. The summed E-state index contributed by atoms with van der Waals surface area (Å²) in [7, 11) is 0. The summed E-state index contributed by atoms with van der Waals surface area (Å²) in [5, 5.41) is 52.0. The van der Waals surface area contributed by atoms with E-state index >= 15 is 0 Å². The zero-order valence-electron chi connectivity index (χ0n) is 23.5. The Hall–Kier alpha value is -0.770. The summed E-state index contributed by atoms with van der Waals surface area (Å²) in [6.07, 6.45) is 15.3. The van der Waals surface area contributed by atoms with Gasteiger partial charge in [-0.1, -0.05) is 78.1 Å². The molecule has 2 fully saturated rings. The molecule has 8 nitrogen and oxygen atoms in total. The van der Waals surface area contributed by atoms with Crippen LogP contribution in [0.15, 0.2) is 0 Å². The first-order valence-corrected chi connectivity index (χ1v) is 15.1. The molecule has 1 heterocycles. The summed E-state index contributed by atoms with van der Waals surface area (Å²) in [6.45, 7) is 4.39. The molecule has 0 aromatic carbocycles. The van der Waals surface area contributed by atoms with E-state index in [1.54, 1.807) is 0 Å². The molecular weight excluding hydrogens is 474 g/mol. The lowest BCUT2D eigenvalue weighted by Crippen LogP contribution is -2.68. The Kier molecular flexibility index (Phi) is 13.8. The number of carbonyl (C=O) groups excluding carboxylic acids is 1. The third kappa shape index (κ3) is 10.4. The second-order valence-electron chi connectivity index (χ2n) is 11.9. The molecule has 1 saturated carbocycles. The molecule has 0 aromatic heterocycles. The number of piperidine rings is 1. The molecule has 1 saturated heterocycles. The Morgan fingerprint density at radius 2 is 1.38 bits per heavy atom. The lowest BCUT2D eigenvalue weighted by Gasteiger charge is -2.53. The molecule has 0 amide bonds. The molecule has 0 aromatic rings. The van der Waals surface area contributed by atoms with Crippen LogP contribution in [0.3, 0.4) is 0 Å². The molecule has 2 unspecified atom stereocenters. The molecule has 5 N–H and O–H groups in total. The summed E-state index contributed by atoms with van der Waals surface area (Å²) < 4.78 is 5.99. The van der Waals surface area contributed by atoms with Gasteiger partial charge in [0.15, 0.2) is 0 Å². The standard InChI is InChI=1S/C29H55NO7/c1-3-5-7-9-10-12-16-24(15-11-8-6-4-2)26(32)37-25-17-18-27(21-25)22-28(33,34)30(19-13-14-20-31)29(35,36)23-27/h24-25,31,33-36H,3-23H2,1-2H3. The summed E-state index contributed by atoms with van der Waals surface area (Å²) in [5.41, 5.74) is -0.721. The Morgan fingerprint density at radius 1 is 0.838 bits per heavy atom. The van der Waals surface area contributed by atoms with Gasteiger partial charge in [0, 0.05) is 26.0 Å². The van der Waals surface area contributed by atoms with E-state index in [0.29, 0.717) is 32.1 Å². The molecule has 0 bridgehead atoms. The van der Waals surface area contributed by atoms with Crippen LogP contribution in [0, 0.1) is 11.3 Å². The zero-order chi connectivity index (χ0) is 27.4. The van der Waals surface area contributed by atoms with Crippen molar-refractivity contribution in [2.45, 2.75) is 154 Å². The van der Waals surface area contributed by atoms with E-state index < -0.39 is 17.2 Å². The molecule has 2 atom stereocenters. The summed E-state index contributed by atoms with van der Waals surface area (Å²) >= 11 is 0. The highest BCUT2D eigenvalue weighted by Gasteiger charge is 2.60. The molecule has 8 heteroatoms. The van der Waals surface area contributed by atoms with Gasteiger partial charge in [-0.2, -0.15) is 0 Å². The highest BCUT2D eigenvalue weighted by atomic mass is 16.6. The number of aliphatic hydroxyl groups excluding tert-OH is 1. The number of hydrogen-bond donors (Lipinski definition) is 5. The van der Waals surface area contributed by atoms with E-state index in [2.05, 4.69) is 13.8 Å². The molecule has 37 heavy (non-hydrogen) atoms. The predicted octanol–water partition coefficient (Wildman–Crippen LogP) is 4.55. The van der Waals surface area contributed by atoms with E-state index in [1.165, 1.54) is 32.1 Å². The summed E-state index contributed by atoms with van der Waals surface area (Å²) in [4.78, 5) is 14.1. The number of carbonyl (C=O) groups is 1. The van der Waals surface area contributed by atoms with E-state index in [9.17, 15) is 25.2 Å². The van der Waals surface area contributed by atoms with Crippen molar-refractivity contribution in [1.82, 2.24) is 4.90 Å². The van der Waals surface area contributed by atoms with Crippen molar-refractivity contribution in [3.63, 3.8) is 0 Å². The van der Waals surface area contributed by atoms with Gasteiger partial charge in [0.2, 0.25) is 11.8 Å². The maximum Gasteiger partial charge on any atom is 0.309 e. The number of rotatable bonds is 18. The molecule has 1 aliphatic carbocycles. The molecule has 0 radical (unpaired) electrons. The van der Waals surface area contributed by atoms with Crippen molar-refractivity contribution in [2.75, 3.05) is 13.2 Å². The minimum Gasteiger partial charge on any atom is -0.462 e. The van der Waals surface area contributed by atoms with E-state index in [1.807, 2.05) is 0 Å². The van der Waals surface area contributed by atoms with Crippen LogP contribution in [0.4, 0.5) is 0 Å². The van der Waals surface area contributed by atoms with Gasteiger partial charge >= 0.3 is 5.97 Å². The highest BCUT2D eigenvalue weighted by Crippen LogP contribution is 2.54. The molecule has 1 spiro atoms. The lowest BCUT2D eigenvalue weighted by molar-refractivity contribution is -0.423.